The zero-order valence-electron chi connectivity index (χ0n) is 6.07. The highest BCUT2D eigenvalue weighted by atomic mass is 16.3. The molecule has 1 aromatic heterocycles. The lowest BCUT2D eigenvalue weighted by molar-refractivity contribution is 0.200. The topological polar surface area (TPSA) is 64.1 Å². The SMILES string of the molecule is C[C@H](O)c1cnn(C)c1N. The van der Waals surface area contributed by atoms with Gasteiger partial charge in [0.15, 0.2) is 0 Å². The van der Waals surface area contributed by atoms with Crippen molar-refractivity contribution in [2.75, 3.05) is 5.73 Å². The van der Waals surface area contributed by atoms with Crippen LogP contribution in [0.25, 0.3) is 0 Å². The molecule has 1 rings (SSSR count). The molecular formula is C6H11N3O. The van der Waals surface area contributed by atoms with Crippen molar-refractivity contribution in [1.29, 1.82) is 0 Å². The molecule has 0 aromatic carbocycles. The van der Waals surface area contributed by atoms with Gasteiger partial charge in [0.25, 0.3) is 0 Å². The van der Waals surface area contributed by atoms with Gasteiger partial charge in [-0.3, -0.25) is 4.68 Å². The van der Waals surface area contributed by atoms with Crippen molar-refractivity contribution in [3.8, 4) is 0 Å². The molecule has 4 nitrogen and oxygen atoms in total. The standard InChI is InChI=1S/C6H11N3O/c1-4(10)5-3-8-9(2)6(5)7/h3-4,10H,7H2,1-2H3/t4-/m0/s1. The van der Waals surface area contributed by atoms with Gasteiger partial charge < -0.3 is 10.8 Å². The molecule has 0 saturated carbocycles. The minimum absolute atomic E-state index is 0.523. The minimum atomic E-state index is -0.534. The highest BCUT2D eigenvalue weighted by Crippen LogP contribution is 2.17. The summed E-state index contributed by atoms with van der Waals surface area (Å²) in [7, 11) is 1.74. The fourth-order valence-electron chi connectivity index (χ4n) is 0.786. The molecular weight excluding hydrogens is 130 g/mol. The molecule has 0 amide bonds. The molecule has 0 radical (unpaired) electrons. The van der Waals surface area contributed by atoms with Gasteiger partial charge in [0.2, 0.25) is 0 Å². The van der Waals surface area contributed by atoms with Crippen LogP contribution in [0.2, 0.25) is 0 Å². The molecule has 1 heterocycles. The third-order valence-corrected chi connectivity index (χ3v) is 1.46. The largest absolute Gasteiger partial charge is 0.389 e. The van der Waals surface area contributed by atoms with E-state index in [0.717, 1.165) is 0 Å². The van der Waals surface area contributed by atoms with Crippen LogP contribution in [0.3, 0.4) is 0 Å². The first-order valence-corrected chi connectivity index (χ1v) is 3.08. The monoisotopic (exact) mass is 141 g/mol. The van der Waals surface area contributed by atoms with E-state index in [0.29, 0.717) is 11.4 Å². The summed E-state index contributed by atoms with van der Waals surface area (Å²) in [5, 5.41) is 13.0. The molecule has 10 heavy (non-hydrogen) atoms. The van der Waals surface area contributed by atoms with Crippen molar-refractivity contribution in [3.63, 3.8) is 0 Å². The molecule has 4 heteroatoms. The minimum Gasteiger partial charge on any atom is -0.389 e. The number of anilines is 1. The number of nitrogen functional groups attached to an aromatic ring is 1. The Morgan fingerprint density at radius 3 is 2.60 bits per heavy atom. The van der Waals surface area contributed by atoms with Crippen LogP contribution in [0, 0.1) is 0 Å². The molecule has 0 aliphatic heterocycles. The molecule has 3 N–H and O–H groups in total. The van der Waals surface area contributed by atoms with Gasteiger partial charge in [-0.2, -0.15) is 5.10 Å². The van der Waals surface area contributed by atoms with E-state index in [1.807, 2.05) is 0 Å². The maximum absolute atomic E-state index is 9.08. The summed E-state index contributed by atoms with van der Waals surface area (Å²) in [6.07, 6.45) is 1.04. The Bertz CT molecular complexity index is 229. The molecule has 1 atom stereocenters. The zero-order valence-corrected chi connectivity index (χ0v) is 6.07. The molecule has 0 bridgehead atoms. The van der Waals surface area contributed by atoms with E-state index >= 15 is 0 Å². The number of aliphatic hydroxyl groups is 1. The van der Waals surface area contributed by atoms with E-state index in [4.69, 9.17) is 10.8 Å². The number of rotatable bonds is 1. The molecule has 0 aliphatic rings. The van der Waals surface area contributed by atoms with E-state index in [2.05, 4.69) is 5.10 Å². The van der Waals surface area contributed by atoms with E-state index in [1.165, 1.54) is 4.68 Å². The maximum atomic E-state index is 9.08. The van der Waals surface area contributed by atoms with Crippen LogP contribution >= 0.6 is 0 Å². The molecule has 0 aliphatic carbocycles. The Labute approximate surface area is 59.3 Å². The third kappa shape index (κ3) is 0.974. The van der Waals surface area contributed by atoms with Crippen LogP contribution in [0.4, 0.5) is 5.82 Å². The van der Waals surface area contributed by atoms with Crippen molar-refractivity contribution in [3.05, 3.63) is 11.8 Å². The van der Waals surface area contributed by atoms with E-state index in [9.17, 15) is 0 Å². The van der Waals surface area contributed by atoms with Gasteiger partial charge in [-0.05, 0) is 6.92 Å². The number of nitrogens with two attached hydrogens (primary N) is 1. The lowest BCUT2D eigenvalue weighted by Gasteiger charge is -2.01. The lowest BCUT2D eigenvalue weighted by atomic mass is 10.2. The second-order valence-corrected chi connectivity index (χ2v) is 2.28. The van der Waals surface area contributed by atoms with Gasteiger partial charge in [0.1, 0.15) is 5.82 Å². The van der Waals surface area contributed by atoms with Crippen LogP contribution < -0.4 is 5.73 Å². The third-order valence-electron chi connectivity index (χ3n) is 1.46. The highest BCUT2D eigenvalue weighted by molar-refractivity contribution is 5.39. The molecule has 0 spiro atoms. The number of hydrogen-bond donors (Lipinski definition) is 2. The average Bonchev–Trinajstić information content (AvgIpc) is 2.14. The van der Waals surface area contributed by atoms with Crippen LogP contribution in [-0.2, 0) is 7.05 Å². The number of nitrogens with zero attached hydrogens (tertiary/aromatic N) is 2. The molecule has 0 fully saturated rings. The Hall–Kier alpha value is -1.03. The normalized spacial score (nSPS) is 13.5. The molecule has 0 saturated heterocycles. The van der Waals surface area contributed by atoms with Crippen LogP contribution in [0.15, 0.2) is 6.20 Å². The molecule has 56 valence electrons. The fourth-order valence-corrected chi connectivity index (χ4v) is 0.786. The van der Waals surface area contributed by atoms with Gasteiger partial charge in [0.05, 0.1) is 12.3 Å². The maximum Gasteiger partial charge on any atom is 0.127 e. The van der Waals surface area contributed by atoms with Gasteiger partial charge in [-0.15, -0.1) is 0 Å². The molecule has 1 aromatic rings. The Morgan fingerprint density at radius 1 is 1.80 bits per heavy atom. The van der Waals surface area contributed by atoms with Gasteiger partial charge in [-0.25, -0.2) is 0 Å². The summed E-state index contributed by atoms with van der Waals surface area (Å²) in [6.45, 7) is 1.66. The quantitative estimate of drug-likeness (QED) is 0.581. The van der Waals surface area contributed by atoms with Crippen molar-refractivity contribution in [2.24, 2.45) is 7.05 Å². The summed E-state index contributed by atoms with van der Waals surface area (Å²) >= 11 is 0. The smallest absolute Gasteiger partial charge is 0.127 e. The second kappa shape index (κ2) is 2.30. The second-order valence-electron chi connectivity index (χ2n) is 2.28. The predicted octanol–water partition coefficient (Wildman–Crippen LogP) is 0.0556. The first-order valence-electron chi connectivity index (χ1n) is 3.08. The number of hydrogen-bond acceptors (Lipinski definition) is 3. The first-order chi connectivity index (χ1) is 4.63. The van der Waals surface area contributed by atoms with Crippen LogP contribution in [0.5, 0.6) is 0 Å². The van der Waals surface area contributed by atoms with Crippen LogP contribution in [0.1, 0.15) is 18.6 Å². The van der Waals surface area contributed by atoms with E-state index in [1.54, 1.807) is 20.2 Å². The lowest BCUT2D eigenvalue weighted by Crippen LogP contribution is -2.01. The van der Waals surface area contributed by atoms with E-state index in [-0.39, 0.29) is 0 Å². The Kier molecular flexibility index (Phi) is 1.63. The van der Waals surface area contributed by atoms with E-state index < -0.39 is 6.10 Å². The van der Waals surface area contributed by atoms with Gasteiger partial charge in [0, 0.05) is 12.6 Å². The summed E-state index contributed by atoms with van der Waals surface area (Å²) in [5.74, 6) is 0.523. The van der Waals surface area contributed by atoms with Crippen LogP contribution in [-0.4, -0.2) is 14.9 Å². The Balaban J connectivity index is 3.05. The number of aromatic nitrogens is 2. The first kappa shape index (κ1) is 7.08. The van der Waals surface area contributed by atoms with Crippen molar-refractivity contribution in [1.82, 2.24) is 9.78 Å². The number of aliphatic hydroxyl groups excluding tert-OH is 1. The van der Waals surface area contributed by atoms with Crippen molar-refractivity contribution < 1.29 is 5.11 Å². The van der Waals surface area contributed by atoms with Crippen molar-refractivity contribution in [2.45, 2.75) is 13.0 Å². The summed E-state index contributed by atoms with van der Waals surface area (Å²) in [6, 6.07) is 0. The average molecular weight is 141 g/mol. The Morgan fingerprint density at radius 2 is 2.40 bits per heavy atom. The predicted molar refractivity (Wildman–Crippen MR) is 38.3 cm³/mol. The zero-order chi connectivity index (χ0) is 7.72. The summed E-state index contributed by atoms with van der Waals surface area (Å²) < 4.78 is 1.53. The highest BCUT2D eigenvalue weighted by Gasteiger charge is 2.08. The number of aryl methyl sites for hydroxylation is 1. The van der Waals surface area contributed by atoms with Gasteiger partial charge >= 0.3 is 0 Å². The summed E-state index contributed by atoms with van der Waals surface area (Å²) in [5.41, 5.74) is 6.23. The summed E-state index contributed by atoms with van der Waals surface area (Å²) in [4.78, 5) is 0. The fraction of sp³-hybridized carbons (Fsp3) is 0.500. The van der Waals surface area contributed by atoms with Crippen molar-refractivity contribution >= 4 is 5.82 Å². The molecule has 0 unspecified atom stereocenters. The van der Waals surface area contributed by atoms with Gasteiger partial charge in [-0.1, -0.05) is 0 Å².